The lowest BCUT2D eigenvalue weighted by Crippen LogP contribution is -2.16. The number of benzene rings is 1. The summed E-state index contributed by atoms with van der Waals surface area (Å²) >= 11 is 3.40. The summed E-state index contributed by atoms with van der Waals surface area (Å²) in [7, 11) is 1.82. The minimum atomic E-state index is -0.207. The molecule has 0 fully saturated rings. The number of aryl methyl sites for hydroxylation is 1. The van der Waals surface area contributed by atoms with Crippen molar-refractivity contribution >= 4 is 32.6 Å². The van der Waals surface area contributed by atoms with Gasteiger partial charge in [0, 0.05) is 23.1 Å². The standard InChI is InChI=1S/C12H10BrNO2/c1-7(15)9-6-14(2)11-8(12(9)16)4-3-5-10(11)13/h3-6H,1-2H3. The average Bonchev–Trinajstić information content (AvgIpc) is 2.22. The highest BCUT2D eigenvalue weighted by atomic mass is 79.9. The lowest BCUT2D eigenvalue weighted by atomic mass is 10.1. The number of hydrogen-bond acceptors (Lipinski definition) is 2. The van der Waals surface area contributed by atoms with E-state index in [-0.39, 0.29) is 16.8 Å². The second-order valence-electron chi connectivity index (χ2n) is 3.67. The third kappa shape index (κ3) is 1.59. The van der Waals surface area contributed by atoms with Crippen molar-refractivity contribution in [1.82, 2.24) is 4.57 Å². The van der Waals surface area contributed by atoms with Crippen LogP contribution in [0.15, 0.2) is 33.7 Å². The molecule has 0 atom stereocenters. The SMILES string of the molecule is CC(=O)c1cn(C)c2c(Br)cccc2c1=O. The van der Waals surface area contributed by atoms with Crippen LogP contribution >= 0.6 is 15.9 Å². The number of halogens is 1. The molecule has 3 nitrogen and oxygen atoms in total. The van der Waals surface area contributed by atoms with Gasteiger partial charge in [0.15, 0.2) is 11.2 Å². The van der Waals surface area contributed by atoms with Crippen molar-refractivity contribution < 1.29 is 4.79 Å². The molecule has 0 N–H and O–H groups in total. The van der Waals surface area contributed by atoms with Crippen molar-refractivity contribution in [3.8, 4) is 0 Å². The molecule has 1 aromatic carbocycles. The Balaban J connectivity index is 3.02. The molecule has 16 heavy (non-hydrogen) atoms. The monoisotopic (exact) mass is 279 g/mol. The van der Waals surface area contributed by atoms with Gasteiger partial charge in [-0.2, -0.15) is 0 Å². The molecule has 0 saturated carbocycles. The fraction of sp³-hybridized carbons (Fsp3) is 0.167. The number of aromatic nitrogens is 1. The summed E-state index contributed by atoms with van der Waals surface area (Å²) in [6, 6.07) is 5.39. The van der Waals surface area contributed by atoms with Crippen LogP contribution in [-0.2, 0) is 7.05 Å². The summed E-state index contributed by atoms with van der Waals surface area (Å²) in [4.78, 5) is 23.3. The van der Waals surface area contributed by atoms with Gasteiger partial charge in [-0.1, -0.05) is 6.07 Å². The number of hydrogen-bond donors (Lipinski definition) is 0. The zero-order valence-corrected chi connectivity index (χ0v) is 10.5. The van der Waals surface area contributed by atoms with Crippen LogP contribution < -0.4 is 5.43 Å². The Morgan fingerprint density at radius 1 is 1.38 bits per heavy atom. The van der Waals surface area contributed by atoms with E-state index in [1.165, 1.54) is 6.92 Å². The lowest BCUT2D eigenvalue weighted by Gasteiger charge is -2.08. The molecular weight excluding hydrogens is 270 g/mol. The molecule has 1 heterocycles. The van der Waals surface area contributed by atoms with Crippen molar-refractivity contribution in [2.75, 3.05) is 0 Å². The van der Waals surface area contributed by atoms with Crippen molar-refractivity contribution in [2.45, 2.75) is 6.92 Å². The summed E-state index contributed by atoms with van der Waals surface area (Å²) in [6.07, 6.45) is 1.58. The van der Waals surface area contributed by atoms with E-state index in [1.807, 2.05) is 13.1 Å². The number of carbonyl (C=O) groups is 1. The van der Waals surface area contributed by atoms with Gasteiger partial charge in [0.25, 0.3) is 0 Å². The van der Waals surface area contributed by atoms with Gasteiger partial charge in [0.2, 0.25) is 0 Å². The normalized spacial score (nSPS) is 10.7. The molecule has 82 valence electrons. The Kier molecular flexibility index (Phi) is 2.68. The number of carbonyl (C=O) groups excluding carboxylic acids is 1. The van der Waals surface area contributed by atoms with E-state index in [9.17, 15) is 9.59 Å². The number of para-hydroxylation sites is 1. The Morgan fingerprint density at radius 2 is 2.06 bits per heavy atom. The first-order chi connectivity index (χ1) is 7.52. The summed E-state index contributed by atoms with van der Waals surface area (Å²) < 4.78 is 2.64. The first kappa shape index (κ1) is 11.1. The third-order valence-electron chi connectivity index (χ3n) is 2.53. The average molecular weight is 280 g/mol. The smallest absolute Gasteiger partial charge is 0.200 e. The van der Waals surface area contributed by atoms with Gasteiger partial charge in [-0.3, -0.25) is 9.59 Å². The number of fused-ring (bicyclic) bond motifs is 1. The molecule has 0 amide bonds. The topological polar surface area (TPSA) is 39.1 Å². The first-order valence-corrected chi connectivity index (χ1v) is 5.60. The number of pyridine rings is 1. The zero-order valence-electron chi connectivity index (χ0n) is 8.95. The summed E-state index contributed by atoms with van der Waals surface area (Å²) in [5.74, 6) is -0.206. The summed E-state index contributed by atoms with van der Waals surface area (Å²) in [5, 5.41) is 0.560. The first-order valence-electron chi connectivity index (χ1n) is 4.81. The molecule has 0 aliphatic heterocycles. The largest absolute Gasteiger partial charge is 0.349 e. The highest BCUT2D eigenvalue weighted by molar-refractivity contribution is 9.10. The molecule has 1 aromatic heterocycles. The maximum Gasteiger partial charge on any atom is 0.200 e. The van der Waals surface area contributed by atoms with E-state index in [0.29, 0.717) is 5.39 Å². The van der Waals surface area contributed by atoms with E-state index in [2.05, 4.69) is 15.9 Å². The van der Waals surface area contributed by atoms with Gasteiger partial charge < -0.3 is 4.57 Å². The zero-order chi connectivity index (χ0) is 11.9. The molecule has 0 aliphatic rings. The molecule has 0 aliphatic carbocycles. The molecule has 2 rings (SSSR count). The second-order valence-corrected chi connectivity index (χ2v) is 4.53. The number of ketones is 1. The Labute approximate surface area is 101 Å². The maximum absolute atomic E-state index is 12.0. The van der Waals surface area contributed by atoms with Crippen molar-refractivity contribution in [1.29, 1.82) is 0 Å². The van der Waals surface area contributed by atoms with Crippen LogP contribution in [0.25, 0.3) is 10.9 Å². The summed E-state index contributed by atoms with van der Waals surface area (Å²) in [5.41, 5.74) is 0.826. The number of nitrogens with zero attached hydrogens (tertiary/aromatic N) is 1. The molecule has 4 heteroatoms. The third-order valence-corrected chi connectivity index (χ3v) is 3.17. The molecular formula is C12H10BrNO2. The molecule has 0 unspecified atom stereocenters. The number of rotatable bonds is 1. The van der Waals surface area contributed by atoms with E-state index in [1.54, 1.807) is 22.9 Å². The fourth-order valence-electron chi connectivity index (χ4n) is 1.77. The number of Topliss-reactive ketones (excluding diaryl/α,β-unsaturated/α-hetero) is 1. The van der Waals surface area contributed by atoms with Crippen LogP contribution in [0.3, 0.4) is 0 Å². The second kappa shape index (κ2) is 3.87. The van der Waals surface area contributed by atoms with Crippen molar-refractivity contribution in [3.05, 3.63) is 44.7 Å². The Morgan fingerprint density at radius 3 is 2.69 bits per heavy atom. The van der Waals surface area contributed by atoms with Crippen LogP contribution in [0.5, 0.6) is 0 Å². The molecule has 0 bridgehead atoms. The van der Waals surface area contributed by atoms with Crippen LogP contribution in [0.1, 0.15) is 17.3 Å². The predicted molar refractivity (Wildman–Crippen MR) is 66.9 cm³/mol. The minimum absolute atomic E-state index is 0.206. The molecule has 0 saturated heterocycles. The van der Waals surface area contributed by atoms with Crippen LogP contribution in [-0.4, -0.2) is 10.4 Å². The van der Waals surface area contributed by atoms with Crippen molar-refractivity contribution in [3.63, 3.8) is 0 Å². The van der Waals surface area contributed by atoms with E-state index in [0.717, 1.165) is 9.99 Å². The van der Waals surface area contributed by atoms with Gasteiger partial charge in [0.05, 0.1) is 11.1 Å². The van der Waals surface area contributed by atoms with E-state index >= 15 is 0 Å². The van der Waals surface area contributed by atoms with Gasteiger partial charge in [-0.05, 0) is 35.0 Å². The van der Waals surface area contributed by atoms with Gasteiger partial charge in [-0.25, -0.2) is 0 Å². The lowest BCUT2D eigenvalue weighted by molar-refractivity contribution is 0.101. The summed E-state index contributed by atoms with van der Waals surface area (Å²) in [6.45, 7) is 1.40. The Bertz CT molecular complexity index is 643. The van der Waals surface area contributed by atoms with Gasteiger partial charge in [-0.15, -0.1) is 0 Å². The van der Waals surface area contributed by atoms with Gasteiger partial charge >= 0.3 is 0 Å². The van der Waals surface area contributed by atoms with Gasteiger partial charge in [0.1, 0.15) is 0 Å². The van der Waals surface area contributed by atoms with E-state index < -0.39 is 0 Å². The van der Waals surface area contributed by atoms with Crippen LogP contribution in [0.4, 0.5) is 0 Å². The molecule has 2 aromatic rings. The van der Waals surface area contributed by atoms with Crippen LogP contribution in [0, 0.1) is 0 Å². The molecule has 0 radical (unpaired) electrons. The quantitative estimate of drug-likeness (QED) is 0.753. The van der Waals surface area contributed by atoms with Crippen LogP contribution in [0.2, 0.25) is 0 Å². The Hall–Kier alpha value is -1.42. The maximum atomic E-state index is 12.0. The highest BCUT2D eigenvalue weighted by Gasteiger charge is 2.11. The minimum Gasteiger partial charge on any atom is -0.349 e. The van der Waals surface area contributed by atoms with Crippen molar-refractivity contribution in [2.24, 2.45) is 7.05 Å². The van der Waals surface area contributed by atoms with E-state index in [4.69, 9.17) is 0 Å². The predicted octanol–water partition coefficient (Wildman–Crippen LogP) is 2.50. The fourth-order valence-corrected chi connectivity index (χ4v) is 2.42. The molecule has 0 spiro atoms. The highest BCUT2D eigenvalue weighted by Crippen LogP contribution is 2.21.